The molecule has 0 amide bonds. The highest BCUT2D eigenvalue weighted by atomic mass is 32.1. The maximum absolute atomic E-state index is 6.78. The SMILES string of the molecule is [C-]#[N+]c1ccc2oc(=S)[nH]c2c1. The molecule has 12 heavy (non-hydrogen) atoms. The number of fused-ring (bicyclic) bond motifs is 1. The van der Waals surface area contributed by atoms with Crippen LogP contribution in [0.15, 0.2) is 22.6 Å². The van der Waals surface area contributed by atoms with Gasteiger partial charge in [0.1, 0.15) is 0 Å². The first kappa shape index (κ1) is 7.07. The number of aromatic nitrogens is 1. The largest absolute Gasteiger partial charge is 0.430 e. The third-order valence-electron chi connectivity index (χ3n) is 1.53. The topological polar surface area (TPSA) is 33.3 Å². The van der Waals surface area contributed by atoms with Crippen LogP contribution in [0.4, 0.5) is 5.69 Å². The number of H-pyrrole nitrogens is 1. The first-order valence-electron chi connectivity index (χ1n) is 3.30. The Morgan fingerprint density at radius 1 is 1.50 bits per heavy atom. The maximum atomic E-state index is 6.78. The second kappa shape index (κ2) is 2.47. The smallest absolute Gasteiger partial charge is 0.266 e. The molecule has 0 bridgehead atoms. The van der Waals surface area contributed by atoms with E-state index in [9.17, 15) is 0 Å². The normalized spacial score (nSPS) is 9.92. The molecular formula is C8H4N2OS. The average molecular weight is 176 g/mol. The molecule has 0 aliphatic carbocycles. The van der Waals surface area contributed by atoms with E-state index in [0.29, 0.717) is 16.1 Å². The molecule has 1 N–H and O–H groups in total. The van der Waals surface area contributed by atoms with E-state index < -0.39 is 0 Å². The van der Waals surface area contributed by atoms with Crippen LogP contribution < -0.4 is 0 Å². The van der Waals surface area contributed by atoms with E-state index in [1.165, 1.54) is 0 Å². The molecule has 0 spiro atoms. The molecule has 0 aliphatic rings. The lowest BCUT2D eigenvalue weighted by Gasteiger charge is -1.86. The van der Waals surface area contributed by atoms with Crippen LogP contribution in [0.2, 0.25) is 0 Å². The van der Waals surface area contributed by atoms with E-state index in [2.05, 4.69) is 9.83 Å². The zero-order valence-corrected chi connectivity index (χ0v) is 6.81. The monoisotopic (exact) mass is 176 g/mol. The molecule has 2 rings (SSSR count). The Balaban J connectivity index is 2.85. The van der Waals surface area contributed by atoms with Crippen LogP contribution >= 0.6 is 12.2 Å². The lowest BCUT2D eigenvalue weighted by Crippen LogP contribution is -1.65. The van der Waals surface area contributed by atoms with Gasteiger partial charge in [0.05, 0.1) is 12.1 Å². The van der Waals surface area contributed by atoms with Gasteiger partial charge in [0, 0.05) is 0 Å². The number of aromatic amines is 1. The lowest BCUT2D eigenvalue weighted by molar-refractivity contribution is 0.583. The van der Waals surface area contributed by atoms with Crippen LogP contribution in [0.1, 0.15) is 0 Å². The molecule has 1 heterocycles. The van der Waals surface area contributed by atoms with Gasteiger partial charge in [-0.1, -0.05) is 6.07 Å². The molecule has 0 saturated heterocycles. The highest BCUT2D eigenvalue weighted by Crippen LogP contribution is 2.20. The zero-order chi connectivity index (χ0) is 8.55. The fraction of sp³-hybridized carbons (Fsp3) is 0. The molecular weight excluding hydrogens is 172 g/mol. The van der Waals surface area contributed by atoms with Crippen molar-refractivity contribution in [3.8, 4) is 0 Å². The van der Waals surface area contributed by atoms with E-state index in [1.807, 2.05) is 0 Å². The van der Waals surface area contributed by atoms with Gasteiger partial charge in [-0.15, -0.1) is 0 Å². The second-order valence-corrected chi connectivity index (χ2v) is 2.68. The van der Waals surface area contributed by atoms with E-state index in [4.69, 9.17) is 23.2 Å². The van der Waals surface area contributed by atoms with Gasteiger partial charge in [0.15, 0.2) is 11.3 Å². The fourth-order valence-electron chi connectivity index (χ4n) is 1.01. The summed E-state index contributed by atoms with van der Waals surface area (Å²) >= 11 is 4.79. The van der Waals surface area contributed by atoms with Gasteiger partial charge in [0.2, 0.25) is 0 Å². The molecule has 58 valence electrons. The molecule has 1 aromatic carbocycles. The molecule has 0 unspecified atom stereocenters. The summed E-state index contributed by atoms with van der Waals surface area (Å²) in [6, 6.07) is 5.14. The van der Waals surface area contributed by atoms with Crippen LogP contribution in [0.25, 0.3) is 15.9 Å². The standard InChI is InChI=1S/C8H4N2OS/c1-9-5-2-3-7-6(4-5)10-8(12)11-7/h2-4H,(H,10,12). The Morgan fingerprint density at radius 2 is 2.33 bits per heavy atom. The zero-order valence-electron chi connectivity index (χ0n) is 6.00. The van der Waals surface area contributed by atoms with Gasteiger partial charge in [-0.05, 0) is 24.4 Å². The Kier molecular flexibility index (Phi) is 1.45. The molecule has 4 heteroatoms. The van der Waals surface area contributed by atoms with E-state index >= 15 is 0 Å². The van der Waals surface area contributed by atoms with Crippen molar-refractivity contribution in [2.24, 2.45) is 0 Å². The summed E-state index contributed by atoms with van der Waals surface area (Å²) in [5.41, 5.74) is 2.04. The van der Waals surface area contributed by atoms with E-state index in [1.54, 1.807) is 18.2 Å². The first-order chi connectivity index (χ1) is 5.79. The van der Waals surface area contributed by atoms with Crippen molar-refractivity contribution < 1.29 is 4.42 Å². The van der Waals surface area contributed by atoms with Crippen molar-refractivity contribution in [3.63, 3.8) is 0 Å². The predicted molar refractivity (Wildman–Crippen MR) is 47.7 cm³/mol. The number of benzene rings is 1. The summed E-state index contributed by atoms with van der Waals surface area (Å²) in [7, 11) is 0. The van der Waals surface area contributed by atoms with Crippen LogP contribution in [-0.4, -0.2) is 4.98 Å². The minimum atomic E-state index is 0.340. The summed E-state index contributed by atoms with van der Waals surface area (Å²) < 4.78 is 5.12. The van der Waals surface area contributed by atoms with Crippen molar-refractivity contribution in [1.29, 1.82) is 0 Å². The quantitative estimate of drug-likeness (QED) is 0.494. The van der Waals surface area contributed by atoms with Crippen molar-refractivity contribution >= 4 is 29.0 Å². The number of nitrogens with one attached hydrogen (secondary N) is 1. The number of hydrogen-bond acceptors (Lipinski definition) is 2. The van der Waals surface area contributed by atoms with Crippen LogP contribution in [-0.2, 0) is 0 Å². The molecule has 1 aromatic heterocycles. The minimum Gasteiger partial charge on any atom is -0.430 e. The molecule has 0 fully saturated rings. The van der Waals surface area contributed by atoms with Crippen LogP contribution in [0.5, 0.6) is 0 Å². The fourth-order valence-corrected chi connectivity index (χ4v) is 1.21. The van der Waals surface area contributed by atoms with Gasteiger partial charge in [0.25, 0.3) is 4.84 Å². The number of oxazole rings is 1. The molecule has 3 nitrogen and oxygen atoms in total. The van der Waals surface area contributed by atoms with Crippen molar-refractivity contribution in [1.82, 2.24) is 4.98 Å². The Hall–Kier alpha value is -1.60. The Morgan fingerprint density at radius 3 is 3.08 bits per heavy atom. The summed E-state index contributed by atoms with van der Waals surface area (Å²) in [5.74, 6) is 0. The Labute approximate surface area is 73.5 Å². The summed E-state index contributed by atoms with van der Waals surface area (Å²) in [5, 5.41) is 0. The summed E-state index contributed by atoms with van der Waals surface area (Å²) in [6.07, 6.45) is 0. The van der Waals surface area contributed by atoms with Crippen LogP contribution in [0.3, 0.4) is 0 Å². The third-order valence-corrected chi connectivity index (χ3v) is 1.72. The van der Waals surface area contributed by atoms with Gasteiger partial charge in [-0.25, -0.2) is 4.85 Å². The van der Waals surface area contributed by atoms with Crippen molar-refractivity contribution in [2.45, 2.75) is 0 Å². The number of nitrogens with zero attached hydrogens (tertiary/aromatic N) is 1. The molecule has 0 atom stereocenters. The first-order valence-corrected chi connectivity index (χ1v) is 3.71. The van der Waals surface area contributed by atoms with Crippen LogP contribution in [0, 0.1) is 11.4 Å². The van der Waals surface area contributed by atoms with Gasteiger partial charge < -0.3 is 9.40 Å². The molecule has 0 radical (unpaired) electrons. The average Bonchev–Trinajstić information content (AvgIpc) is 2.43. The molecule has 0 saturated carbocycles. The van der Waals surface area contributed by atoms with Gasteiger partial charge in [-0.3, -0.25) is 0 Å². The molecule has 2 aromatic rings. The Bertz CT molecular complexity index is 518. The summed E-state index contributed by atoms with van der Waals surface area (Å²) in [6.45, 7) is 6.78. The number of rotatable bonds is 0. The van der Waals surface area contributed by atoms with Crippen molar-refractivity contribution in [3.05, 3.63) is 34.5 Å². The van der Waals surface area contributed by atoms with E-state index in [0.717, 1.165) is 5.52 Å². The summed E-state index contributed by atoms with van der Waals surface area (Å²) in [4.78, 5) is 6.46. The van der Waals surface area contributed by atoms with E-state index in [-0.39, 0.29) is 0 Å². The highest BCUT2D eigenvalue weighted by Gasteiger charge is 1.98. The third kappa shape index (κ3) is 1.00. The second-order valence-electron chi connectivity index (χ2n) is 2.31. The highest BCUT2D eigenvalue weighted by molar-refractivity contribution is 7.71. The minimum absolute atomic E-state index is 0.340. The number of hydrogen-bond donors (Lipinski definition) is 1. The van der Waals surface area contributed by atoms with Gasteiger partial charge in [-0.2, -0.15) is 0 Å². The van der Waals surface area contributed by atoms with Crippen molar-refractivity contribution in [2.75, 3.05) is 0 Å². The predicted octanol–water partition coefficient (Wildman–Crippen LogP) is 3.04. The maximum Gasteiger partial charge on any atom is 0.266 e. The lowest BCUT2D eigenvalue weighted by atomic mass is 10.3. The molecule has 0 aliphatic heterocycles. The van der Waals surface area contributed by atoms with Gasteiger partial charge >= 0.3 is 0 Å².